The number of nitrogens with zero attached hydrogens (tertiary/aromatic N) is 2. The largest absolute Gasteiger partial charge is 0.377 e. The molecule has 1 aliphatic rings. The van der Waals surface area contributed by atoms with Crippen LogP contribution >= 0.6 is 0 Å². The highest BCUT2D eigenvalue weighted by atomic mass is 16.5. The summed E-state index contributed by atoms with van der Waals surface area (Å²) in [5, 5.41) is 0. The Morgan fingerprint density at radius 1 is 1.50 bits per heavy atom. The summed E-state index contributed by atoms with van der Waals surface area (Å²) in [4.78, 5) is 15.8. The first kappa shape index (κ1) is 11.6. The number of rotatable bonds is 4. The van der Waals surface area contributed by atoms with Gasteiger partial charge in [0.15, 0.2) is 5.78 Å². The summed E-state index contributed by atoms with van der Waals surface area (Å²) in [6.45, 7) is 5.96. The summed E-state index contributed by atoms with van der Waals surface area (Å²) in [6, 6.07) is 0.541. The molecule has 0 saturated carbocycles. The van der Waals surface area contributed by atoms with Gasteiger partial charge in [-0.2, -0.15) is 0 Å². The van der Waals surface area contributed by atoms with E-state index in [-0.39, 0.29) is 12.4 Å². The van der Waals surface area contributed by atoms with Gasteiger partial charge in [0.25, 0.3) is 0 Å². The first-order chi connectivity index (χ1) is 6.63. The molecule has 1 fully saturated rings. The molecule has 14 heavy (non-hydrogen) atoms. The van der Waals surface area contributed by atoms with E-state index in [1.807, 2.05) is 0 Å². The second-order valence-corrected chi connectivity index (χ2v) is 4.04. The predicted octanol–water partition coefficient (Wildman–Crippen LogP) is -0.162. The Bertz CT molecular complexity index is 197. The Hall–Kier alpha value is -0.450. The number of carbonyl (C=O) groups excluding carboxylic acids is 1. The lowest BCUT2D eigenvalue weighted by Crippen LogP contribution is -2.51. The monoisotopic (exact) mass is 200 g/mol. The maximum absolute atomic E-state index is 11.3. The van der Waals surface area contributed by atoms with Gasteiger partial charge in [-0.05, 0) is 14.0 Å². The molecule has 1 aliphatic heterocycles. The normalized spacial score (nSPS) is 25.2. The molecule has 0 N–H and O–H groups in total. The van der Waals surface area contributed by atoms with E-state index in [1.54, 1.807) is 7.11 Å². The summed E-state index contributed by atoms with van der Waals surface area (Å²) in [7, 11) is 3.68. The van der Waals surface area contributed by atoms with E-state index < -0.39 is 0 Å². The third kappa shape index (κ3) is 3.36. The standard InChI is InChI=1S/C10H20N2O2/c1-9-6-12(5-4-11(9)2)7-10(13)8-14-3/h9H,4-8H2,1-3H3. The van der Waals surface area contributed by atoms with E-state index in [2.05, 4.69) is 23.8 Å². The van der Waals surface area contributed by atoms with Gasteiger partial charge in [0.05, 0.1) is 6.54 Å². The molecule has 1 unspecified atom stereocenters. The number of carbonyl (C=O) groups is 1. The van der Waals surface area contributed by atoms with Crippen LogP contribution in [0.1, 0.15) is 6.92 Å². The van der Waals surface area contributed by atoms with Crippen molar-refractivity contribution in [1.29, 1.82) is 0 Å². The van der Waals surface area contributed by atoms with Crippen LogP contribution in [0, 0.1) is 0 Å². The quantitative estimate of drug-likeness (QED) is 0.631. The van der Waals surface area contributed by atoms with Crippen LogP contribution in [0.25, 0.3) is 0 Å². The molecule has 0 amide bonds. The van der Waals surface area contributed by atoms with Crippen molar-refractivity contribution in [3.05, 3.63) is 0 Å². The highest BCUT2D eigenvalue weighted by molar-refractivity contribution is 5.81. The number of ether oxygens (including phenoxy) is 1. The van der Waals surface area contributed by atoms with Crippen LogP contribution in [0.15, 0.2) is 0 Å². The van der Waals surface area contributed by atoms with E-state index >= 15 is 0 Å². The number of ketones is 1. The Labute approximate surface area is 85.8 Å². The zero-order valence-electron chi connectivity index (χ0n) is 9.32. The zero-order chi connectivity index (χ0) is 10.6. The van der Waals surface area contributed by atoms with Crippen molar-refractivity contribution < 1.29 is 9.53 Å². The fraction of sp³-hybridized carbons (Fsp3) is 0.900. The molecule has 0 aromatic heterocycles. The van der Waals surface area contributed by atoms with Crippen molar-refractivity contribution >= 4 is 5.78 Å². The van der Waals surface area contributed by atoms with Gasteiger partial charge >= 0.3 is 0 Å². The number of Topliss-reactive ketones (excluding diaryl/α,β-unsaturated/α-hetero) is 1. The van der Waals surface area contributed by atoms with Crippen molar-refractivity contribution in [2.24, 2.45) is 0 Å². The van der Waals surface area contributed by atoms with Crippen molar-refractivity contribution in [3.8, 4) is 0 Å². The molecule has 0 aliphatic carbocycles. The first-order valence-corrected chi connectivity index (χ1v) is 5.06. The average molecular weight is 200 g/mol. The molecule has 0 aromatic rings. The van der Waals surface area contributed by atoms with Gasteiger partial charge in [0.1, 0.15) is 6.61 Å². The van der Waals surface area contributed by atoms with Gasteiger partial charge < -0.3 is 9.64 Å². The van der Waals surface area contributed by atoms with Crippen LogP contribution < -0.4 is 0 Å². The van der Waals surface area contributed by atoms with Crippen LogP contribution in [0.4, 0.5) is 0 Å². The van der Waals surface area contributed by atoms with E-state index in [0.29, 0.717) is 12.6 Å². The van der Waals surface area contributed by atoms with Gasteiger partial charge in [-0.3, -0.25) is 9.69 Å². The number of piperazine rings is 1. The van der Waals surface area contributed by atoms with Crippen molar-refractivity contribution in [1.82, 2.24) is 9.80 Å². The summed E-state index contributed by atoms with van der Waals surface area (Å²) in [5.74, 6) is 0.171. The third-order valence-electron chi connectivity index (χ3n) is 2.75. The molecule has 1 rings (SSSR count). The van der Waals surface area contributed by atoms with Crippen molar-refractivity contribution in [3.63, 3.8) is 0 Å². The molecular weight excluding hydrogens is 180 g/mol. The summed E-state index contributed by atoms with van der Waals surface area (Å²) in [6.07, 6.45) is 0. The molecule has 1 heterocycles. The number of hydrogen-bond donors (Lipinski definition) is 0. The molecule has 82 valence electrons. The third-order valence-corrected chi connectivity index (χ3v) is 2.75. The maximum atomic E-state index is 11.3. The Morgan fingerprint density at radius 3 is 2.79 bits per heavy atom. The molecule has 0 aromatic carbocycles. The maximum Gasteiger partial charge on any atom is 0.172 e. The lowest BCUT2D eigenvalue weighted by molar-refractivity contribution is -0.124. The average Bonchev–Trinajstić information content (AvgIpc) is 2.12. The van der Waals surface area contributed by atoms with Crippen molar-refractivity contribution in [2.75, 3.05) is 46.9 Å². The second kappa shape index (κ2) is 5.44. The van der Waals surface area contributed by atoms with Gasteiger partial charge in [-0.15, -0.1) is 0 Å². The molecule has 0 radical (unpaired) electrons. The summed E-state index contributed by atoms with van der Waals surface area (Å²) < 4.78 is 4.81. The van der Waals surface area contributed by atoms with Crippen LogP contribution in [-0.4, -0.2) is 68.6 Å². The van der Waals surface area contributed by atoms with Crippen LogP contribution in [0.3, 0.4) is 0 Å². The Balaban J connectivity index is 2.29. The number of hydrogen-bond acceptors (Lipinski definition) is 4. The van der Waals surface area contributed by atoms with Gasteiger partial charge in [-0.1, -0.05) is 0 Å². The Morgan fingerprint density at radius 2 is 2.21 bits per heavy atom. The predicted molar refractivity (Wildman–Crippen MR) is 55.4 cm³/mol. The van der Waals surface area contributed by atoms with Gasteiger partial charge in [0, 0.05) is 32.8 Å². The van der Waals surface area contributed by atoms with E-state index in [4.69, 9.17) is 4.74 Å². The fourth-order valence-electron chi connectivity index (χ4n) is 1.72. The topological polar surface area (TPSA) is 32.8 Å². The molecular formula is C10H20N2O2. The van der Waals surface area contributed by atoms with Gasteiger partial charge in [0.2, 0.25) is 0 Å². The highest BCUT2D eigenvalue weighted by Crippen LogP contribution is 2.06. The van der Waals surface area contributed by atoms with E-state index in [1.165, 1.54) is 0 Å². The molecule has 0 bridgehead atoms. The second-order valence-electron chi connectivity index (χ2n) is 4.04. The molecule has 1 saturated heterocycles. The smallest absolute Gasteiger partial charge is 0.172 e. The molecule has 0 spiro atoms. The number of methoxy groups -OCH3 is 1. The SMILES string of the molecule is COCC(=O)CN1CCN(C)C(C)C1. The van der Waals surface area contributed by atoms with E-state index in [9.17, 15) is 4.79 Å². The lowest BCUT2D eigenvalue weighted by atomic mass is 10.2. The fourth-order valence-corrected chi connectivity index (χ4v) is 1.72. The minimum absolute atomic E-state index is 0.171. The van der Waals surface area contributed by atoms with Crippen molar-refractivity contribution in [2.45, 2.75) is 13.0 Å². The first-order valence-electron chi connectivity index (χ1n) is 5.06. The van der Waals surface area contributed by atoms with Gasteiger partial charge in [-0.25, -0.2) is 0 Å². The van der Waals surface area contributed by atoms with E-state index in [0.717, 1.165) is 19.6 Å². The zero-order valence-corrected chi connectivity index (χ0v) is 9.32. The van der Waals surface area contributed by atoms with Crippen LogP contribution in [0.2, 0.25) is 0 Å². The lowest BCUT2D eigenvalue weighted by Gasteiger charge is -2.37. The molecule has 4 heteroatoms. The summed E-state index contributed by atoms with van der Waals surface area (Å²) in [5.41, 5.74) is 0. The summed E-state index contributed by atoms with van der Waals surface area (Å²) >= 11 is 0. The van der Waals surface area contributed by atoms with Crippen LogP contribution in [0.5, 0.6) is 0 Å². The molecule has 1 atom stereocenters. The Kier molecular flexibility index (Phi) is 4.51. The number of likely N-dealkylation sites (N-methyl/N-ethyl adjacent to an activating group) is 1. The van der Waals surface area contributed by atoms with Crippen LogP contribution in [-0.2, 0) is 9.53 Å². The molecule has 4 nitrogen and oxygen atoms in total. The highest BCUT2D eigenvalue weighted by Gasteiger charge is 2.21. The minimum Gasteiger partial charge on any atom is -0.377 e. The minimum atomic E-state index is 0.171.